The van der Waals surface area contributed by atoms with Gasteiger partial charge >= 0.3 is 0 Å². The predicted octanol–water partition coefficient (Wildman–Crippen LogP) is 0.901. The Labute approximate surface area is 109 Å². The first-order valence-electron chi connectivity index (χ1n) is 6.33. The summed E-state index contributed by atoms with van der Waals surface area (Å²) in [6, 6.07) is 0. The maximum Gasteiger partial charge on any atom is 0.225 e. The Bertz CT molecular complexity index is 259. The number of carbonyl (C=O) groups excluding carboxylic acids is 1. The van der Waals surface area contributed by atoms with Gasteiger partial charge < -0.3 is 15.0 Å². The lowest BCUT2D eigenvalue weighted by molar-refractivity contribution is -0.145. The number of amides is 1. The smallest absolute Gasteiger partial charge is 0.225 e. The topological polar surface area (TPSA) is 41.6 Å². The van der Waals surface area contributed by atoms with Gasteiger partial charge in [0.25, 0.3) is 0 Å². The summed E-state index contributed by atoms with van der Waals surface area (Å²) in [6.45, 7) is 8.39. The number of hydrogen-bond acceptors (Lipinski definition) is 3. The molecule has 0 saturated carbocycles. The monoisotopic (exact) mass is 262 g/mol. The van der Waals surface area contributed by atoms with E-state index in [9.17, 15) is 4.79 Å². The van der Waals surface area contributed by atoms with Gasteiger partial charge in [-0.05, 0) is 25.4 Å². The minimum Gasteiger partial charge on any atom is -0.375 e. The van der Waals surface area contributed by atoms with E-state index in [2.05, 4.69) is 19.2 Å². The number of halogens is 1. The fourth-order valence-electron chi connectivity index (χ4n) is 2.32. The molecule has 2 rings (SSSR count). The Morgan fingerprint density at radius 1 is 1.53 bits per heavy atom. The van der Waals surface area contributed by atoms with Crippen molar-refractivity contribution in [2.45, 2.75) is 26.4 Å². The summed E-state index contributed by atoms with van der Waals surface area (Å²) in [4.78, 5) is 14.2. The molecule has 2 aliphatic rings. The van der Waals surface area contributed by atoms with Crippen LogP contribution in [-0.4, -0.2) is 49.7 Å². The van der Waals surface area contributed by atoms with Gasteiger partial charge in [0.2, 0.25) is 5.91 Å². The summed E-state index contributed by atoms with van der Waals surface area (Å²) in [5.41, 5.74) is 0. The number of carbonyl (C=O) groups is 1. The van der Waals surface area contributed by atoms with Crippen LogP contribution in [0.4, 0.5) is 0 Å². The highest BCUT2D eigenvalue weighted by atomic mass is 35.5. The molecular formula is C12H23ClN2O2. The fourth-order valence-corrected chi connectivity index (χ4v) is 2.32. The van der Waals surface area contributed by atoms with Gasteiger partial charge in [0.15, 0.2) is 0 Å². The molecule has 2 fully saturated rings. The number of morpholine rings is 1. The van der Waals surface area contributed by atoms with Crippen molar-refractivity contribution in [2.24, 2.45) is 11.8 Å². The lowest BCUT2D eigenvalue weighted by atomic mass is 9.88. The van der Waals surface area contributed by atoms with Gasteiger partial charge in [0.05, 0.1) is 12.7 Å². The number of nitrogens with one attached hydrogen (secondary N) is 1. The van der Waals surface area contributed by atoms with Crippen molar-refractivity contribution in [1.29, 1.82) is 0 Å². The quantitative estimate of drug-likeness (QED) is 0.822. The molecule has 0 radical (unpaired) electrons. The molecule has 2 aliphatic heterocycles. The molecule has 2 atom stereocenters. The van der Waals surface area contributed by atoms with Gasteiger partial charge in [-0.15, -0.1) is 12.4 Å². The highest BCUT2D eigenvalue weighted by molar-refractivity contribution is 5.85. The van der Waals surface area contributed by atoms with Crippen LogP contribution in [0.15, 0.2) is 0 Å². The zero-order chi connectivity index (χ0) is 11.5. The van der Waals surface area contributed by atoms with Crippen molar-refractivity contribution in [1.82, 2.24) is 10.2 Å². The molecule has 0 bridgehead atoms. The maximum absolute atomic E-state index is 12.2. The van der Waals surface area contributed by atoms with Crippen molar-refractivity contribution >= 4 is 18.3 Å². The standard InChI is InChI=1S/C12H22N2O2.ClH/c1-3-11-8-14(4-5-16-11)12(15)9(2)10-6-13-7-10;/h9-11,13H,3-8H2,1-2H3;1H. The molecule has 2 unspecified atom stereocenters. The molecule has 0 spiro atoms. The number of ether oxygens (including phenoxy) is 1. The first-order chi connectivity index (χ1) is 7.72. The molecule has 5 heteroatoms. The van der Waals surface area contributed by atoms with E-state index >= 15 is 0 Å². The van der Waals surface area contributed by atoms with Gasteiger partial charge in [-0.25, -0.2) is 0 Å². The lowest BCUT2D eigenvalue weighted by Gasteiger charge is -2.38. The molecule has 0 aromatic carbocycles. The molecule has 0 aromatic rings. The summed E-state index contributed by atoms with van der Waals surface area (Å²) in [7, 11) is 0. The summed E-state index contributed by atoms with van der Waals surface area (Å²) >= 11 is 0. The second-order valence-corrected chi connectivity index (χ2v) is 4.89. The summed E-state index contributed by atoms with van der Waals surface area (Å²) in [5.74, 6) is 1.01. The Kier molecular flexibility index (Phi) is 5.70. The largest absolute Gasteiger partial charge is 0.375 e. The van der Waals surface area contributed by atoms with Crippen molar-refractivity contribution in [2.75, 3.05) is 32.8 Å². The van der Waals surface area contributed by atoms with Crippen molar-refractivity contribution in [3.05, 3.63) is 0 Å². The van der Waals surface area contributed by atoms with E-state index in [1.54, 1.807) is 0 Å². The van der Waals surface area contributed by atoms with Crippen LogP contribution in [0.2, 0.25) is 0 Å². The number of rotatable bonds is 3. The molecule has 4 nitrogen and oxygen atoms in total. The minimum absolute atomic E-state index is 0. The van der Waals surface area contributed by atoms with E-state index < -0.39 is 0 Å². The number of nitrogens with zero attached hydrogens (tertiary/aromatic N) is 1. The van der Waals surface area contributed by atoms with Crippen LogP contribution in [0.3, 0.4) is 0 Å². The van der Waals surface area contributed by atoms with Crippen LogP contribution in [0.5, 0.6) is 0 Å². The van der Waals surface area contributed by atoms with Gasteiger partial charge in [0, 0.05) is 19.0 Å². The Morgan fingerprint density at radius 3 is 2.76 bits per heavy atom. The van der Waals surface area contributed by atoms with Gasteiger partial charge in [-0.2, -0.15) is 0 Å². The molecule has 1 amide bonds. The van der Waals surface area contributed by atoms with Crippen LogP contribution >= 0.6 is 12.4 Å². The second-order valence-electron chi connectivity index (χ2n) is 4.89. The van der Waals surface area contributed by atoms with Crippen molar-refractivity contribution in [3.8, 4) is 0 Å². The zero-order valence-electron chi connectivity index (χ0n) is 10.6. The third-order valence-corrected chi connectivity index (χ3v) is 3.82. The van der Waals surface area contributed by atoms with E-state index in [0.29, 0.717) is 18.4 Å². The molecule has 2 heterocycles. The van der Waals surface area contributed by atoms with E-state index in [1.165, 1.54) is 0 Å². The normalized spacial score (nSPS) is 26.9. The van der Waals surface area contributed by atoms with Gasteiger partial charge in [0.1, 0.15) is 0 Å². The zero-order valence-corrected chi connectivity index (χ0v) is 11.5. The van der Waals surface area contributed by atoms with Crippen LogP contribution in [0, 0.1) is 11.8 Å². The van der Waals surface area contributed by atoms with Crippen molar-refractivity contribution in [3.63, 3.8) is 0 Å². The Hall–Kier alpha value is -0.320. The Balaban J connectivity index is 0.00000144. The molecular weight excluding hydrogens is 240 g/mol. The second kappa shape index (κ2) is 6.57. The van der Waals surface area contributed by atoms with Crippen LogP contribution in [0.25, 0.3) is 0 Å². The molecule has 0 aromatic heterocycles. The van der Waals surface area contributed by atoms with E-state index in [4.69, 9.17) is 4.74 Å². The van der Waals surface area contributed by atoms with E-state index in [1.807, 2.05) is 4.90 Å². The van der Waals surface area contributed by atoms with Gasteiger partial charge in [-0.1, -0.05) is 13.8 Å². The van der Waals surface area contributed by atoms with E-state index in [0.717, 1.165) is 32.6 Å². The summed E-state index contributed by atoms with van der Waals surface area (Å²) in [5, 5.41) is 3.22. The van der Waals surface area contributed by atoms with Crippen LogP contribution in [0.1, 0.15) is 20.3 Å². The average molecular weight is 263 g/mol. The molecule has 17 heavy (non-hydrogen) atoms. The lowest BCUT2D eigenvalue weighted by Crippen LogP contribution is -2.53. The number of hydrogen-bond donors (Lipinski definition) is 1. The molecule has 100 valence electrons. The SMILES string of the molecule is CCC1CN(C(=O)C(C)C2CNC2)CCO1.Cl. The summed E-state index contributed by atoms with van der Waals surface area (Å²) < 4.78 is 5.58. The summed E-state index contributed by atoms with van der Waals surface area (Å²) in [6.07, 6.45) is 1.23. The molecule has 1 N–H and O–H groups in total. The van der Waals surface area contributed by atoms with Crippen LogP contribution in [-0.2, 0) is 9.53 Å². The van der Waals surface area contributed by atoms with Gasteiger partial charge in [-0.3, -0.25) is 4.79 Å². The maximum atomic E-state index is 12.2. The minimum atomic E-state index is 0. The van der Waals surface area contributed by atoms with Crippen LogP contribution < -0.4 is 5.32 Å². The first-order valence-corrected chi connectivity index (χ1v) is 6.33. The molecule has 2 saturated heterocycles. The third kappa shape index (κ3) is 3.33. The fraction of sp³-hybridized carbons (Fsp3) is 0.917. The average Bonchev–Trinajstić information content (AvgIpc) is 2.25. The van der Waals surface area contributed by atoms with E-state index in [-0.39, 0.29) is 24.4 Å². The highest BCUT2D eigenvalue weighted by Gasteiger charge is 2.33. The highest BCUT2D eigenvalue weighted by Crippen LogP contribution is 2.20. The van der Waals surface area contributed by atoms with Crippen molar-refractivity contribution < 1.29 is 9.53 Å². The Morgan fingerprint density at radius 2 is 2.24 bits per heavy atom. The molecule has 0 aliphatic carbocycles. The predicted molar refractivity (Wildman–Crippen MR) is 69.4 cm³/mol. The first kappa shape index (κ1) is 14.7. The third-order valence-electron chi connectivity index (χ3n) is 3.82.